The Labute approximate surface area is 166 Å². The van der Waals surface area contributed by atoms with Crippen LogP contribution in [0.25, 0.3) is 0 Å². The number of ether oxygens (including phenoxy) is 2. The zero-order chi connectivity index (χ0) is 20.0. The van der Waals surface area contributed by atoms with Crippen molar-refractivity contribution in [2.75, 3.05) is 19.5 Å². The summed E-state index contributed by atoms with van der Waals surface area (Å²) in [5.74, 6) is -2.03. The Morgan fingerprint density at radius 2 is 1.81 bits per heavy atom. The van der Waals surface area contributed by atoms with Gasteiger partial charge in [-0.25, -0.2) is 0 Å². The fourth-order valence-electron chi connectivity index (χ4n) is 2.99. The van der Waals surface area contributed by atoms with Crippen LogP contribution in [0.4, 0.5) is 16.2 Å². The fraction of sp³-hybridized carbons (Fsp3) is 0.471. The number of benzene rings is 1. The quantitative estimate of drug-likeness (QED) is 0.113. The first-order chi connectivity index (χ1) is 12.8. The van der Waals surface area contributed by atoms with E-state index in [1.165, 1.54) is 19.2 Å². The summed E-state index contributed by atoms with van der Waals surface area (Å²) in [6, 6.07) is 4.59. The van der Waals surface area contributed by atoms with Gasteiger partial charge in [-0.05, 0) is 0 Å². The van der Waals surface area contributed by atoms with Crippen LogP contribution in [0.2, 0.25) is 0 Å². The first-order valence-corrected chi connectivity index (χ1v) is 10.6. The number of amides is 1. The molecule has 1 aliphatic rings. The minimum absolute atomic E-state index is 0.0515. The average molecular weight is 491 g/mol. The Hall–Kier alpha value is -2.24. The van der Waals surface area contributed by atoms with Gasteiger partial charge in [-0.2, -0.15) is 0 Å². The van der Waals surface area contributed by atoms with Crippen LogP contribution in [0.5, 0.6) is 0 Å². The summed E-state index contributed by atoms with van der Waals surface area (Å²) in [5, 5.41) is 13.6. The number of methoxy groups -OCH3 is 2. The third kappa shape index (κ3) is 5.62. The zero-order valence-electron chi connectivity index (χ0n) is 14.9. The van der Waals surface area contributed by atoms with Gasteiger partial charge in [-0.1, -0.05) is 0 Å². The summed E-state index contributed by atoms with van der Waals surface area (Å²) < 4.78 is 9.31. The van der Waals surface area contributed by atoms with Crippen molar-refractivity contribution in [3.63, 3.8) is 0 Å². The van der Waals surface area contributed by atoms with Crippen LogP contribution < -0.4 is 26.5 Å². The molecule has 1 aromatic rings. The van der Waals surface area contributed by atoms with E-state index in [-0.39, 0.29) is 21.3 Å². The second kappa shape index (κ2) is 9.62. The number of rotatable bonds is 5. The van der Waals surface area contributed by atoms with E-state index in [2.05, 4.69) is 10.1 Å². The predicted molar refractivity (Wildman–Crippen MR) is 91.1 cm³/mol. The molecule has 1 N–H and O–H groups in total. The molecule has 1 fully saturated rings. The molecule has 1 amide bonds. The molecule has 1 saturated carbocycles. The Morgan fingerprint density at radius 3 is 2.37 bits per heavy atom. The average Bonchev–Trinajstić information content (AvgIpc) is 2.67. The second-order valence-corrected chi connectivity index (χ2v) is 9.24. The number of nitrogens with one attached hydrogen (secondary N) is 1. The molecule has 9 nitrogen and oxygen atoms in total. The summed E-state index contributed by atoms with van der Waals surface area (Å²) in [6.07, 6.45) is 3.46. The first kappa shape index (κ1) is 21.1. The molecular formula is C17H20IN2O7-. The van der Waals surface area contributed by atoms with Gasteiger partial charge in [0.25, 0.3) is 0 Å². The number of alkyl halides is 1. The summed E-state index contributed by atoms with van der Waals surface area (Å²) >= 11 is -0.650. The number of hydrogen-bond donors (Lipinski definition) is 1. The van der Waals surface area contributed by atoms with E-state index in [9.17, 15) is 24.5 Å². The maximum atomic E-state index is 11.6. The molecule has 0 atom stereocenters. The van der Waals surface area contributed by atoms with E-state index in [0.717, 1.165) is 38.4 Å². The standard InChI is InChI=1S/C17H20IN2O7/c1-26-16(22)15(21)19-13-8-5-11(9-14(13)20(24)25)10-3-6-12(7-4-10)18-17(23)27-2/h5,8-10,12H,3-4,6-7H2,1-2H3,(H,19,21)/q-1. The number of nitro benzene ring substituents is 1. The maximum absolute atomic E-state index is 11.6. The van der Waals surface area contributed by atoms with Crippen molar-refractivity contribution in [2.24, 2.45) is 0 Å². The van der Waals surface area contributed by atoms with Gasteiger partial charge in [0.05, 0.1) is 7.11 Å². The number of carbonyl (C=O) groups excluding carboxylic acids is 3. The molecule has 0 bridgehead atoms. The van der Waals surface area contributed by atoms with Crippen LogP contribution >= 0.6 is 0 Å². The second-order valence-electron chi connectivity index (χ2n) is 5.98. The van der Waals surface area contributed by atoms with Crippen molar-refractivity contribution >= 4 is 27.2 Å². The third-order valence-corrected chi connectivity index (χ3v) is 7.44. The molecule has 27 heavy (non-hydrogen) atoms. The molecule has 1 aromatic carbocycles. The summed E-state index contributed by atoms with van der Waals surface area (Å²) in [5.41, 5.74) is 0.491. The predicted octanol–water partition coefficient (Wildman–Crippen LogP) is -0.412. The minimum atomic E-state index is -1.12. The Morgan fingerprint density at radius 1 is 1.15 bits per heavy atom. The van der Waals surface area contributed by atoms with Crippen molar-refractivity contribution in [1.29, 1.82) is 0 Å². The summed E-state index contributed by atoms with van der Waals surface area (Å²) in [6.45, 7) is 0. The van der Waals surface area contributed by atoms with Crippen molar-refractivity contribution in [3.05, 3.63) is 33.9 Å². The van der Waals surface area contributed by atoms with E-state index in [4.69, 9.17) is 4.74 Å². The Balaban J connectivity index is 2.10. The topological polar surface area (TPSA) is 125 Å². The van der Waals surface area contributed by atoms with Crippen molar-refractivity contribution in [3.8, 4) is 0 Å². The third-order valence-electron chi connectivity index (χ3n) is 4.37. The summed E-state index contributed by atoms with van der Waals surface area (Å²) in [7, 11) is 2.45. The van der Waals surface area contributed by atoms with E-state index < -0.39 is 38.0 Å². The normalized spacial score (nSPS) is 19.2. The Bertz CT molecular complexity index is 745. The molecule has 0 aliphatic heterocycles. The molecule has 0 aromatic heterocycles. The number of anilines is 1. The first-order valence-electron chi connectivity index (χ1n) is 8.24. The molecule has 0 unspecified atom stereocenters. The van der Waals surface area contributed by atoms with E-state index in [1.807, 2.05) is 0 Å². The van der Waals surface area contributed by atoms with Crippen LogP contribution in [-0.4, -0.2) is 38.9 Å². The van der Waals surface area contributed by atoms with E-state index >= 15 is 0 Å². The van der Waals surface area contributed by atoms with Crippen LogP contribution in [0.1, 0.15) is 37.2 Å². The van der Waals surface area contributed by atoms with Crippen molar-refractivity contribution in [2.45, 2.75) is 35.5 Å². The van der Waals surface area contributed by atoms with Gasteiger partial charge in [0.2, 0.25) is 0 Å². The molecule has 10 heteroatoms. The van der Waals surface area contributed by atoms with Gasteiger partial charge in [-0.3, -0.25) is 0 Å². The molecular weight excluding hydrogens is 471 g/mol. The molecule has 1 aliphatic carbocycles. The van der Waals surface area contributed by atoms with Crippen LogP contribution in [0, 0.1) is 10.1 Å². The molecule has 0 radical (unpaired) electrons. The summed E-state index contributed by atoms with van der Waals surface area (Å²) in [4.78, 5) is 45.0. The van der Waals surface area contributed by atoms with Crippen LogP contribution in [-0.2, 0) is 19.1 Å². The van der Waals surface area contributed by atoms with Gasteiger partial charge in [-0.15, -0.1) is 0 Å². The van der Waals surface area contributed by atoms with Crippen molar-refractivity contribution < 1.29 is 50.0 Å². The van der Waals surface area contributed by atoms with Crippen LogP contribution in [0.15, 0.2) is 18.2 Å². The SMILES string of the molecule is COC(=O)[I-]C1CCC(c2ccc(NC(=O)C(=O)OC)c([N+](=O)[O-])c2)CC1. The number of nitro groups is 1. The number of esters is 1. The fourth-order valence-corrected chi connectivity index (χ4v) is 5.31. The van der Waals surface area contributed by atoms with Crippen LogP contribution in [0.3, 0.4) is 0 Å². The molecule has 0 spiro atoms. The number of carbonyl (C=O) groups is 3. The Kier molecular flexibility index (Phi) is 7.51. The molecule has 0 saturated heterocycles. The molecule has 148 valence electrons. The van der Waals surface area contributed by atoms with Gasteiger partial charge < -0.3 is 0 Å². The van der Waals surface area contributed by atoms with E-state index in [1.54, 1.807) is 6.07 Å². The molecule has 2 rings (SSSR count). The number of hydrogen-bond acceptors (Lipinski definition) is 7. The van der Waals surface area contributed by atoms with Gasteiger partial charge in [0, 0.05) is 0 Å². The number of halogens is 1. The molecule has 0 heterocycles. The monoisotopic (exact) mass is 491 g/mol. The van der Waals surface area contributed by atoms with Gasteiger partial charge in [0.1, 0.15) is 0 Å². The van der Waals surface area contributed by atoms with Crippen molar-refractivity contribution in [1.82, 2.24) is 0 Å². The van der Waals surface area contributed by atoms with Gasteiger partial charge in [0.15, 0.2) is 0 Å². The van der Waals surface area contributed by atoms with E-state index in [0.29, 0.717) is 3.92 Å². The zero-order valence-corrected chi connectivity index (χ0v) is 17.1. The number of nitrogens with zero attached hydrogens (tertiary/aromatic N) is 1. The van der Waals surface area contributed by atoms with Gasteiger partial charge >= 0.3 is 159 Å².